The molecule has 29 heavy (non-hydrogen) atoms. The number of anilines is 1. The molecule has 2 aromatic heterocycles. The van der Waals surface area contributed by atoms with Gasteiger partial charge in [-0.15, -0.1) is 0 Å². The van der Waals surface area contributed by atoms with Gasteiger partial charge in [-0.05, 0) is 49.7 Å². The number of carbonyl (C=O) groups excluding carboxylic acids is 1. The largest absolute Gasteiger partial charge is 0.416 e. The maximum absolute atomic E-state index is 12.9. The van der Waals surface area contributed by atoms with Crippen LogP contribution in [0.2, 0.25) is 0 Å². The molecule has 0 bridgehead atoms. The van der Waals surface area contributed by atoms with Gasteiger partial charge in [0.25, 0.3) is 11.5 Å². The van der Waals surface area contributed by atoms with Crippen LogP contribution in [0, 0.1) is 13.8 Å². The molecule has 0 aliphatic carbocycles. The highest BCUT2D eigenvalue weighted by Gasteiger charge is 2.30. The van der Waals surface area contributed by atoms with Gasteiger partial charge in [0, 0.05) is 17.6 Å². The Kier molecular flexibility index (Phi) is 5.49. The van der Waals surface area contributed by atoms with E-state index in [0.29, 0.717) is 11.4 Å². The van der Waals surface area contributed by atoms with Crippen molar-refractivity contribution in [3.05, 3.63) is 87.1 Å². The summed E-state index contributed by atoms with van der Waals surface area (Å²) in [4.78, 5) is 33.3. The van der Waals surface area contributed by atoms with E-state index in [0.717, 1.165) is 12.1 Å². The molecular weight excluding hydrogens is 385 g/mol. The Morgan fingerprint density at radius 3 is 2.41 bits per heavy atom. The quantitative estimate of drug-likeness (QED) is 0.724. The van der Waals surface area contributed by atoms with E-state index in [9.17, 15) is 22.8 Å². The van der Waals surface area contributed by atoms with Crippen LogP contribution < -0.4 is 10.9 Å². The number of nitrogens with zero attached hydrogens (tertiary/aromatic N) is 3. The first-order chi connectivity index (χ1) is 13.6. The van der Waals surface area contributed by atoms with Crippen molar-refractivity contribution in [2.24, 2.45) is 0 Å². The Balaban J connectivity index is 1.86. The zero-order valence-corrected chi connectivity index (χ0v) is 15.6. The van der Waals surface area contributed by atoms with Crippen molar-refractivity contribution in [3.63, 3.8) is 0 Å². The number of rotatable bonds is 4. The summed E-state index contributed by atoms with van der Waals surface area (Å²) in [5.41, 5.74) is 0.000646. The summed E-state index contributed by atoms with van der Waals surface area (Å²) in [6.45, 7) is 3.38. The summed E-state index contributed by atoms with van der Waals surface area (Å²) in [6, 6.07) is 9.24. The molecule has 9 heteroatoms. The lowest BCUT2D eigenvalue weighted by Gasteiger charge is -2.11. The number of pyridine rings is 1. The van der Waals surface area contributed by atoms with Crippen LogP contribution in [0.4, 0.5) is 19.1 Å². The average Bonchev–Trinajstić information content (AvgIpc) is 2.62. The molecule has 0 aliphatic heterocycles. The fraction of sp³-hybridized carbons (Fsp3) is 0.200. The number of hydrogen-bond donors (Lipinski definition) is 1. The van der Waals surface area contributed by atoms with E-state index in [2.05, 4.69) is 15.3 Å². The summed E-state index contributed by atoms with van der Waals surface area (Å²) in [6.07, 6.45) is -3.07. The van der Waals surface area contributed by atoms with Gasteiger partial charge in [-0.3, -0.25) is 14.9 Å². The van der Waals surface area contributed by atoms with Crippen LogP contribution in [0.3, 0.4) is 0 Å². The second-order valence-corrected chi connectivity index (χ2v) is 6.48. The van der Waals surface area contributed by atoms with Crippen molar-refractivity contribution in [1.29, 1.82) is 0 Å². The molecule has 0 atom stereocenters. The fourth-order valence-electron chi connectivity index (χ4n) is 2.83. The van der Waals surface area contributed by atoms with Gasteiger partial charge in [-0.2, -0.15) is 13.2 Å². The first kappa shape index (κ1) is 20.2. The van der Waals surface area contributed by atoms with Crippen LogP contribution in [0.25, 0.3) is 0 Å². The molecular formula is C20H17F3N4O2. The normalized spacial score (nSPS) is 11.3. The number of aryl methyl sites for hydroxylation is 2. The number of aromatic nitrogens is 3. The summed E-state index contributed by atoms with van der Waals surface area (Å²) in [5.74, 6) is -0.626. The fourth-order valence-corrected chi connectivity index (χ4v) is 2.83. The van der Waals surface area contributed by atoms with Crippen LogP contribution in [0.1, 0.15) is 32.9 Å². The second-order valence-electron chi connectivity index (χ2n) is 6.48. The minimum Gasteiger partial charge on any atom is -0.310 e. The summed E-state index contributed by atoms with van der Waals surface area (Å²) in [7, 11) is 0. The first-order valence-corrected chi connectivity index (χ1v) is 8.63. The van der Waals surface area contributed by atoms with Gasteiger partial charge in [-0.25, -0.2) is 9.97 Å². The smallest absolute Gasteiger partial charge is 0.310 e. The SMILES string of the molecule is Cc1cc(C)nc(NC(=O)c2cccn(Cc3cccc(C(F)(F)F)c3)c2=O)n1. The molecule has 0 unspecified atom stereocenters. The van der Waals surface area contributed by atoms with Crippen molar-refractivity contribution in [1.82, 2.24) is 14.5 Å². The third kappa shape index (κ3) is 4.87. The van der Waals surface area contributed by atoms with E-state index >= 15 is 0 Å². The van der Waals surface area contributed by atoms with E-state index in [4.69, 9.17) is 0 Å². The lowest BCUT2D eigenvalue weighted by Crippen LogP contribution is -2.29. The highest BCUT2D eigenvalue weighted by Crippen LogP contribution is 2.29. The molecule has 0 fully saturated rings. The molecule has 150 valence electrons. The Labute approximate surface area is 164 Å². The molecule has 0 saturated heterocycles. The number of alkyl halides is 3. The van der Waals surface area contributed by atoms with E-state index in [1.165, 1.54) is 35.0 Å². The highest BCUT2D eigenvalue weighted by molar-refractivity contribution is 6.03. The van der Waals surface area contributed by atoms with E-state index in [1.807, 2.05) is 0 Å². The number of carbonyl (C=O) groups is 1. The summed E-state index contributed by atoms with van der Waals surface area (Å²) >= 11 is 0. The first-order valence-electron chi connectivity index (χ1n) is 8.63. The lowest BCUT2D eigenvalue weighted by molar-refractivity contribution is -0.137. The Morgan fingerprint density at radius 2 is 1.76 bits per heavy atom. The third-order valence-corrected chi connectivity index (χ3v) is 4.08. The zero-order chi connectivity index (χ0) is 21.2. The maximum atomic E-state index is 12.9. The van der Waals surface area contributed by atoms with Crippen molar-refractivity contribution < 1.29 is 18.0 Å². The molecule has 1 aromatic carbocycles. The van der Waals surface area contributed by atoms with Gasteiger partial charge in [0.2, 0.25) is 5.95 Å². The minimum atomic E-state index is -4.48. The predicted octanol–water partition coefficient (Wildman–Crippen LogP) is 3.57. The standard InChI is InChI=1S/C20H17F3N4O2/c1-12-9-13(2)25-19(24-12)26-17(28)16-7-4-8-27(18(16)29)11-14-5-3-6-15(10-14)20(21,22)23/h3-10H,11H2,1-2H3,(H,24,25,26,28). The molecule has 1 N–H and O–H groups in total. The number of hydrogen-bond acceptors (Lipinski definition) is 4. The molecule has 1 amide bonds. The summed E-state index contributed by atoms with van der Waals surface area (Å²) in [5, 5.41) is 2.48. The van der Waals surface area contributed by atoms with Crippen molar-refractivity contribution in [2.45, 2.75) is 26.6 Å². The van der Waals surface area contributed by atoms with Crippen molar-refractivity contribution in [3.8, 4) is 0 Å². The molecule has 0 radical (unpaired) electrons. The zero-order valence-electron chi connectivity index (χ0n) is 15.6. The topological polar surface area (TPSA) is 76.9 Å². The van der Waals surface area contributed by atoms with E-state index in [1.54, 1.807) is 19.9 Å². The predicted molar refractivity (Wildman–Crippen MR) is 101 cm³/mol. The lowest BCUT2D eigenvalue weighted by atomic mass is 10.1. The van der Waals surface area contributed by atoms with Gasteiger partial charge in [0.1, 0.15) is 5.56 Å². The molecule has 3 rings (SSSR count). The van der Waals surface area contributed by atoms with Crippen LogP contribution in [-0.4, -0.2) is 20.4 Å². The van der Waals surface area contributed by atoms with Gasteiger partial charge in [0.05, 0.1) is 12.1 Å². The maximum Gasteiger partial charge on any atom is 0.416 e. The number of benzene rings is 1. The third-order valence-electron chi connectivity index (χ3n) is 4.08. The number of halogens is 3. The van der Waals surface area contributed by atoms with Crippen molar-refractivity contribution in [2.75, 3.05) is 5.32 Å². The van der Waals surface area contributed by atoms with Gasteiger partial charge < -0.3 is 4.57 Å². The monoisotopic (exact) mass is 402 g/mol. The number of nitrogens with one attached hydrogen (secondary N) is 1. The van der Waals surface area contributed by atoms with Gasteiger partial charge >= 0.3 is 6.18 Å². The number of amides is 1. The minimum absolute atomic E-state index is 0.0696. The van der Waals surface area contributed by atoms with Gasteiger partial charge in [0.15, 0.2) is 0 Å². The van der Waals surface area contributed by atoms with Gasteiger partial charge in [-0.1, -0.05) is 12.1 Å². The van der Waals surface area contributed by atoms with E-state index < -0.39 is 23.2 Å². The molecule has 0 saturated carbocycles. The summed E-state index contributed by atoms with van der Waals surface area (Å²) < 4.78 is 39.8. The Bertz CT molecular complexity index is 1100. The molecule has 0 aliphatic rings. The van der Waals surface area contributed by atoms with Crippen LogP contribution >= 0.6 is 0 Å². The Morgan fingerprint density at radius 1 is 1.07 bits per heavy atom. The van der Waals surface area contributed by atoms with Crippen LogP contribution in [0.5, 0.6) is 0 Å². The Hall–Kier alpha value is -3.49. The van der Waals surface area contributed by atoms with Crippen molar-refractivity contribution >= 4 is 11.9 Å². The van der Waals surface area contributed by atoms with Crippen LogP contribution in [0.15, 0.2) is 53.5 Å². The molecule has 3 aromatic rings. The molecule has 0 spiro atoms. The molecule has 6 nitrogen and oxygen atoms in total. The second kappa shape index (κ2) is 7.86. The highest BCUT2D eigenvalue weighted by atomic mass is 19.4. The van der Waals surface area contributed by atoms with Crippen LogP contribution in [-0.2, 0) is 12.7 Å². The molecule has 2 heterocycles. The van der Waals surface area contributed by atoms with E-state index in [-0.39, 0.29) is 23.6 Å². The average molecular weight is 402 g/mol.